The predicted molar refractivity (Wildman–Crippen MR) is 129 cm³/mol. The number of hydrogen-bond donors (Lipinski definition) is 1. The van der Waals surface area contributed by atoms with Crippen LogP contribution < -0.4 is 5.32 Å². The molecule has 3 aromatic rings. The second kappa shape index (κ2) is 11.4. The van der Waals surface area contributed by atoms with Crippen molar-refractivity contribution < 1.29 is 4.79 Å². The number of nitrogens with one attached hydrogen (secondary N) is 1. The van der Waals surface area contributed by atoms with E-state index in [0.717, 1.165) is 29.7 Å². The topological polar surface area (TPSA) is 32.3 Å². The first-order chi connectivity index (χ1) is 13.9. The number of hydrogen-bond acceptors (Lipinski definition) is 2. The van der Waals surface area contributed by atoms with Crippen molar-refractivity contribution >= 4 is 41.5 Å². The minimum absolute atomic E-state index is 0. The molecule has 1 N–H and O–H groups in total. The first-order valence-electron chi connectivity index (χ1n) is 9.49. The van der Waals surface area contributed by atoms with E-state index in [0.29, 0.717) is 15.6 Å². The number of halogens is 3. The quantitative estimate of drug-likeness (QED) is 0.433. The molecule has 1 amide bonds. The number of nitrogens with zero attached hydrogens (tertiary/aromatic N) is 1. The van der Waals surface area contributed by atoms with Crippen molar-refractivity contribution in [3.05, 3.63) is 94.0 Å². The van der Waals surface area contributed by atoms with Gasteiger partial charge >= 0.3 is 0 Å². The average molecular weight is 464 g/mol. The number of amides is 1. The molecule has 0 aliphatic rings. The largest absolute Gasteiger partial charge is 0.345 e. The zero-order valence-corrected chi connectivity index (χ0v) is 19.3. The second-order valence-corrected chi connectivity index (χ2v) is 8.13. The van der Waals surface area contributed by atoms with Crippen molar-refractivity contribution in [2.45, 2.75) is 12.5 Å². The molecule has 0 spiro atoms. The Morgan fingerprint density at radius 3 is 1.80 bits per heavy atom. The van der Waals surface area contributed by atoms with Crippen LogP contribution in [0.3, 0.4) is 0 Å². The average Bonchev–Trinajstić information content (AvgIpc) is 2.72. The summed E-state index contributed by atoms with van der Waals surface area (Å²) in [7, 11) is 4.05. The summed E-state index contributed by atoms with van der Waals surface area (Å²) in [4.78, 5) is 15.0. The summed E-state index contributed by atoms with van der Waals surface area (Å²) in [5, 5.41) is 4.55. The Labute approximate surface area is 194 Å². The first-order valence-corrected chi connectivity index (χ1v) is 10.2. The smallest absolute Gasteiger partial charge is 0.251 e. The lowest BCUT2D eigenvalue weighted by Crippen LogP contribution is -2.31. The van der Waals surface area contributed by atoms with Crippen molar-refractivity contribution in [3.8, 4) is 11.1 Å². The Balaban J connectivity index is 0.00000320. The van der Waals surface area contributed by atoms with Crippen LogP contribution in [0.25, 0.3) is 11.1 Å². The second-order valence-electron chi connectivity index (χ2n) is 7.25. The van der Waals surface area contributed by atoms with Crippen molar-refractivity contribution in [3.63, 3.8) is 0 Å². The molecule has 0 heterocycles. The molecular weight excluding hydrogens is 439 g/mol. The van der Waals surface area contributed by atoms with E-state index in [1.54, 1.807) is 0 Å². The zero-order valence-electron chi connectivity index (χ0n) is 16.9. The fourth-order valence-corrected chi connectivity index (χ4v) is 3.35. The Morgan fingerprint density at radius 2 is 1.30 bits per heavy atom. The van der Waals surface area contributed by atoms with Crippen LogP contribution in [0.1, 0.15) is 28.4 Å². The van der Waals surface area contributed by atoms with Crippen LogP contribution in [0.15, 0.2) is 72.8 Å². The molecule has 1 unspecified atom stereocenters. The monoisotopic (exact) mass is 462 g/mol. The van der Waals surface area contributed by atoms with Crippen molar-refractivity contribution in [2.75, 3.05) is 20.6 Å². The first kappa shape index (κ1) is 24.2. The van der Waals surface area contributed by atoms with E-state index in [1.807, 2.05) is 86.9 Å². The summed E-state index contributed by atoms with van der Waals surface area (Å²) in [5.74, 6) is -0.0913. The fourth-order valence-electron chi connectivity index (χ4n) is 3.10. The van der Waals surface area contributed by atoms with Gasteiger partial charge in [0.2, 0.25) is 0 Å². The van der Waals surface area contributed by atoms with Gasteiger partial charge in [0.25, 0.3) is 5.91 Å². The van der Waals surface area contributed by atoms with Crippen LogP contribution in [-0.4, -0.2) is 31.4 Å². The molecule has 0 saturated carbocycles. The van der Waals surface area contributed by atoms with Crippen LogP contribution in [0.4, 0.5) is 0 Å². The van der Waals surface area contributed by atoms with Gasteiger partial charge in [0.05, 0.1) is 6.04 Å². The molecule has 0 saturated heterocycles. The molecule has 0 bridgehead atoms. The summed E-state index contributed by atoms with van der Waals surface area (Å²) < 4.78 is 0. The van der Waals surface area contributed by atoms with Gasteiger partial charge in [-0.3, -0.25) is 4.79 Å². The maximum atomic E-state index is 12.9. The van der Waals surface area contributed by atoms with E-state index < -0.39 is 0 Å². The highest BCUT2D eigenvalue weighted by molar-refractivity contribution is 6.30. The minimum atomic E-state index is -0.0913. The Hall–Kier alpha value is -2.04. The van der Waals surface area contributed by atoms with Gasteiger partial charge in [0.15, 0.2) is 0 Å². The van der Waals surface area contributed by atoms with E-state index >= 15 is 0 Å². The third-order valence-electron chi connectivity index (χ3n) is 4.77. The number of benzene rings is 3. The minimum Gasteiger partial charge on any atom is -0.345 e. The summed E-state index contributed by atoms with van der Waals surface area (Å²) in [6, 6.07) is 22.8. The highest BCUT2D eigenvalue weighted by Gasteiger charge is 2.16. The molecule has 0 aliphatic heterocycles. The summed E-state index contributed by atoms with van der Waals surface area (Å²) >= 11 is 12.0. The summed E-state index contributed by atoms with van der Waals surface area (Å²) in [6.45, 7) is 0.864. The number of carbonyl (C=O) groups excluding carboxylic acids is 1. The van der Waals surface area contributed by atoms with E-state index in [2.05, 4.69) is 10.2 Å². The standard InChI is InChI=1S/C24H24Cl2N2O.ClH/c1-28(2)16-15-23(19-9-13-22(26)14-10-19)27-24(29)20-5-3-17(4-6-20)18-7-11-21(25)12-8-18;/h3-14,23H,15-16H2,1-2H3,(H,27,29);1H. The Bertz CT molecular complexity index is 940. The molecule has 0 fully saturated rings. The molecule has 30 heavy (non-hydrogen) atoms. The normalized spacial score (nSPS) is 11.6. The molecule has 0 aliphatic carbocycles. The molecule has 3 aromatic carbocycles. The SMILES string of the molecule is CN(C)CCC(NC(=O)c1ccc(-c2ccc(Cl)cc2)cc1)c1ccc(Cl)cc1.Cl. The molecule has 1 atom stereocenters. The van der Waals surface area contributed by atoms with Gasteiger partial charge in [0, 0.05) is 15.6 Å². The van der Waals surface area contributed by atoms with Crippen LogP contribution in [0.5, 0.6) is 0 Å². The van der Waals surface area contributed by atoms with Gasteiger partial charge in [0.1, 0.15) is 0 Å². The van der Waals surface area contributed by atoms with Crippen LogP contribution in [0.2, 0.25) is 10.0 Å². The molecular formula is C24H25Cl3N2O. The van der Waals surface area contributed by atoms with Crippen molar-refractivity contribution in [1.82, 2.24) is 10.2 Å². The molecule has 0 radical (unpaired) electrons. The fraction of sp³-hybridized carbons (Fsp3) is 0.208. The van der Waals surface area contributed by atoms with Gasteiger partial charge < -0.3 is 10.2 Å². The lowest BCUT2D eigenvalue weighted by Gasteiger charge is -2.21. The predicted octanol–water partition coefficient (Wildman–Crippen LogP) is 6.51. The van der Waals surface area contributed by atoms with E-state index in [-0.39, 0.29) is 24.4 Å². The Kier molecular flexibility index (Phi) is 9.19. The van der Waals surface area contributed by atoms with Crippen LogP contribution >= 0.6 is 35.6 Å². The maximum Gasteiger partial charge on any atom is 0.251 e. The lowest BCUT2D eigenvalue weighted by molar-refractivity contribution is 0.0932. The van der Waals surface area contributed by atoms with E-state index in [9.17, 15) is 4.79 Å². The lowest BCUT2D eigenvalue weighted by atomic mass is 10.0. The van der Waals surface area contributed by atoms with Crippen molar-refractivity contribution in [1.29, 1.82) is 0 Å². The van der Waals surface area contributed by atoms with E-state index in [1.165, 1.54) is 0 Å². The highest BCUT2D eigenvalue weighted by atomic mass is 35.5. The van der Waals surface area contributed by atoms with E-state index in [4.69, 9.17) is 23.2 Å². The molecule has 3 nitrogen and oxygen atoms in total. The van der Waals surface area contributed by atoms with Crippen molar-refractivity contribution in [2.24, 2.45) is 0 Å². The number of rotatable bonds is 7. The van der Waals surface area contributed by atoms with Gasteiger partial charge in [-0.15, -0.1) is 12.4 Å². The van der Waals surface area contributed by atoms with Gasteiger partial charge in [-0.25, -0.2) is 0 Å². The van der Waals surface area contributed by atoms with Crippen LogP contribution in [0, 0.1) is 0 Å². The third-order valence-corrected chi connectivity index (χ3v) is 5.27. The Morgan fingerprint density at radius 1 is 0.833 bits per heavy atom. The highest BCUT2D eigenvalue weighted by Crippen LogP contribution is 2.23. The molecule has 3 rings (SSSR count). The summed E-state index contributed by atoms with van der Waals surface area (Å²) in [6.07, 6.45) is 0.809. The molecule has 158 valence electrons. The van der Waals surface area contributed by atoms with Gasteiger partial charge in [-0.2, -0.15) is 0 Å². The molecule has 6 heteroatoms. The van der Waals surface area contributed by atoms with Gasteiger partial charge in [-0.05, 0) is 80.1 Å². The zero-order chi connectivity index (χ0) is 20.8. The third kappa shape index (κ3) is 6.75. The molecule has 0 aromatic heterocycles. The summed E-state index contributed by atoms with van der Waals surface area (Å²) in [5.41, 5.74) is 3.78. The maximum absolute atomic E-state index is 12.9. The number of carbonyl (C=O) groups is 1. The van der Waals surface area contributed by atoms with Gasteiger partial charge in [-0.1, -0.05) is 59.6 Å². The van der Waals surface area contributed by atoms with Crippen LogP contribution in [-0.2, 0) is 0 Å².